The molecule has 144 valence electrons. The smallest absolute Gasteiger partial charge is 0.338 e. The molecule has 0 aliphatic carbocycles. The second-order valence-corrected chi connectivity index (χ2v) is 8.99. The molecule has 0 amide bonds. The van der Waals surface area contributed by atoms with Gasteiger partial charge in [0.05, 0.1) is 17.1 Å². The number of aromatic nitrogens is 1. The number of hydrogen-bond acceptors (Lipinski definition) is 6. The third kappa shape index (κ3) is 4.05. The number of nitrogens with zero attached hydrogens (tertiary/aromatic N) is 1. The van der Waals surface area contributed by atoms with Gasteiger partial charge in [0.1, 0.15) is 5.75 Å². The number of benzene rings is 1. The highest BCUT2D eigenvalue weighted by Gasteiger charge is 2.31. The molecule has 7 nitrogen and oxygen atoms in total. The number of aromatic hydroxyl groups is 1. The number of phenolic OH excluding ortho intramolecular Hbond substituents is 1. The fourth-order valence-electron chi connectivity index (χ4n) is 3.49. The SMILES string of the molecule is Cc1cc(C(=O)COC(=O)c2ccc(O)cc2)c(C)n1[C@H]1CCS(=O)(=O)C1. The van der Waals surface area contributed by atoms with Crippen molar-refractivity contribution in [2.45, 2.75) is 26.3 Å². The first kappa shape index (κ1) is 19.2. The van der Waals surface area contributed by atoms with Gasteiger partial charge in [-0.15, -0.1) is 0 Å². The number of ether oxygens (including phenoxy) is 1. The molecule has 0 spiro atoms. The van der Waals surface area contributed by atoms with Crippen LogP contribution >= 0.6 is 0 Å². The lowest BCUT2D eigenvalue weighted by Crippen LogP contribution is -2.17. The number of hydrogen-bond donors (Lipinski definition) is 1. The highest BCUT2D eigenvalue weighted by molar-refractivity contribution is 7.91. The van der Waals surface area contributed by atoms with Gasteiger partial charge < -0.3 is 14.4 Å². The summed E-state index contributed by atoms with van der Waals surface area (Å²) in [6.07, 6.45) is 0.530. The number of carbonyl (C=O) groups is 2. The zero-order valence-corrected chi connectivity index (χ0v) is 16.0. The largest absolute Gasteiger partial charge is 0.508 e. The van der Waals surface area contributed by atoms with Crippen molar-refractivity contribution in [3.05, 3.63) is 52.8 Å². The van der Waals surface area contributed by atoms with Crippen LogP contribution in [0.3, 0.4) is 0 Å². The van der Waals surface area contributed by atoms with Crippen molar-refractivity contribution in [3.8, 4) is 5.75 Å². The van der Waals surface area contributed by atoms with Crippen LogP contribution in [0.2, 0.25) is 0 Å². The molecular formula is C19H21NO6S. The van der Waals surface area contributed by atoms with E-state index in [0.717, 1.165) is 5.69 Å². The molecule has 1 aliphatic rings. The lowest BCUT2D eigenvalue weighted by atomic mass is 10.1. The van der Waals surface area contributed by atoms with E-state index in [-0.39, 0.29) is 34.6 Å². The Morgan fingerprint density at radius 3 is 2.48 bits per heavy atom. The Hall–Kier alpha value is -2.61. The van der Waals surface area contributed by atoms with Gasteiger partial charge in [-0.1, -0.05) is 0 Å². The van der Waals surface area contributed by atoms with Crippen molar-refractivity contribution in [3.63, 3.8) is 0 Å². The molecule has 1 fully saturated rings. The van der Waals surface area contributed by atoms with E-state index < -0.39 is 22.4 Å². The average molecular weight is 391 g/mol. The van der Waals surface area contributed by atoms with E-state index >= 15 is 0 Å². The van der Waals surface area contributed by atoms with E-state index in [1.54, 1.807) is 13.0 Å². The predicted molar refractivity (Wildman–Crippen MR) is 98.9 cm³/mol. The molecule has 27 heavy (non-hydrogen) atoms. The van der Waals surface area contributed by atoms with Crippen LogP contribution in [0.1, 0.15) is 44.6 Å². The van der Waals surface area contributed by atoms with Gasteiger partial charge in [0.2, 0.25) is 5.78 Å². The number of Topliss-reactive ketones (excluding diaryl/α,β-unsaturated/α-hetero) is 1. The minimum atomic E-state index is -3.04. The Morgan fingerprint density at radius 1 is 1.22 bits per heavy atom. The van der Waals surface area contributed by atoms with E-state index in [2.05, 4.69) is 0 Å². The molecule has 1 N–H and O–H groups in total. The topological polar surface area (TPSA) is 103 Å². The third-order valence-corrected chi connectivity index (χ3v) is 6.55. The molecule has 3 rings (SSSR count). The Kier molecular flexibility index (Phi) is 5.10. The summed E-state index contributed by atoms with van der Waals surface area (Å²) in [5.74, 6) is -0.736. The van der Waals surface area contributed by atoms with Gasteiger partial charge in [-0.05, 0) is 50.6 Å². The Balaban J connectivity index is 1.71. The van der Waals surface area contributed by atoms with Crippen LogP contribution in [-0.4, -0.2) is 48.0 Å². The van der Waals surface area contributed by atoms with E-state index in [0.29, 0.717) is 17.7 Å². The zero-order chi connectivity index (χ0) is 19.8. The van der Waals surface area contributed by atoms with Gasteiger partial charge in [-0.3, -0.25) is 4.79 Å². The first-order valence-corrected chi connectivity index (χ1v) is 10.4. The van der Waals surface area contributed by atoms with Crippen molar-refractivity contribution in [2.75, 3.05) is 18.1 Å². The molecule has 1 aliphatic heterocycles. The molecule has 1 aromatic carbocycles. The van der Waals surface area contributed by atoms with Crippen LogP contribution in [0.25, 0.3) is 0 Å². The Bertz CT molecular complexity index is 988. The summed E-state index contributed by atoms with van der Waals surface area (Å²) in [5, 5.41) is 9.24. The van der Waals surface area contributed by atoms with Gasteiger partial charge in [0.25, 0.3) is 0 Å². The Labute approximate surface area is 157 Å². The number of sulfone groups is 1. The molecule has 2 aromatic rings. The van der Waals surface area contributed by atoms with Crippen LogP contribution in [-0.2, 0) is 14.6 Å². The van der Waals surface area contributed by atoms with Crippen LogP contribution < -0.4 is 0 Å². The van der Waals surface area contributed by atoms with E-state index in [4.69, 9.17) is 4.74 Å². The van der Waals surface area contributed by atoms with Gasteiger partial charge in [-0.2, -0.15) is 0 Å². The summed E-state index contributed by atoms with van der Waals surface area (Å²) >= 11 is 0. The summed E-state index contributed by atoms with van der Waals surface area (Å²) in [6, 6.07) is 7.08. The van der Waals surface area contributed by atoms with Crippen LogP contribution in [0.4, 0.5) is 0 Å². The third-order valence-electron chi connectivity index (χ3n) is 4.80. The van der Waals surface area contributed by atoms with Crippen molar-refractivity contribution in [2.24, 2.45) is 0 Å². The second-order valence-electron chi connectivity index (χ2n) is 6.76. The molecule has 0 unspecified atom stereocenters. The number of carbonyl (C=O) groups excluding carboxylic acids is 2. The minimum absolute atomic E-state index is 0.0315. The number of esters is 1. The lowest BCUT2D eigenvalue weighted by Gasteiger charge is -2.16. The van der Waals surface area contributed by atoms with Crippen LogP contribution in [0, 0.1) is 13.8 Å². The van der Waals surface area contributed by atoms with Crippen LogP contribution in [0.15, 0.2) is 30.3 Å². The predicted octanol–water partition coefficient (Wildman–Crippen LogP) is 2.21. The second kappa shape index (κ2) is 7.19. The van der Waals surface area contributed by atoms with Gasteiger partial charge in [-0.25, -0.2) is 13.2 Å². The molecule has 0 saturated carbocycles. The minimum Gasteiger partial charge on any atom is -0.508 e. The Morgan fingerprint density at radius 2 is 1.89 bits per heavy atom. The van der Waals surface area contributed by atoms with Gasteiger partial charge >= 0.3 is 5.97 Å². The summed E-state index contributed by atoms with van der Waals surface area (Å²) in [4.78, 5) is 24.5. The normalized spacial score (nSPS) is 18.4. The average Bonchev–Trinajstić information content (AvgIpc) is 3.11. The van der Waals surface area contributed by atoms with Crippen molar-refractivity contribution in [1.29, 1.82) is 0 Å². The quantitative estimate of drug-likeness (QED) is 0.619. The van der Waals surface area contributed by atoms with Crippen molar-refractivity contribution >= 4 is 21.6 Å². The van der Waals surface area contributed by atoms with E-state index in [9.17, 15) is 23.1 Å². The molecule has 8 heteroatoms. The molecule has 1 saturated heterocycles. The molecule has 0 radical (unpaired) electrons. The number of rotatable bonds is 5. The lowest BCUT2D eigenvalue weighted by molar-refractivity contribution is 0.0474. The monoisotopic (exact) mass is 391 g/mol. The van der Waals surface area contributed by atoms with Gasteiger partial charge in [0, 0.05) is 23.0 Å². The fraction of sp³-hybridized carbons (Fsp3) is 0.368. The maximum atomic E-state index is 12.5. The van der Waals surface area contributed by atoms with Crippen molar-refractivity contribution in [1.82, 2.24) is 4.57 Å². The summed E-state index contributed by atoms with van der Waals surface area (Å²) in [5.41, 5.74) is 2.15. The zero-order valence-electron chi connectivity index (χ0n) is 15.1. The first-order chi connectivity index (χ1) is 12.7. The number of phenols is 1. The number of aryl methyl sites for hydroxylation is 1. The highest BCUT2D eigenvalue weighted by Crippen LogP contribution is 2.29. The highest BCUT2D eigenvalue weighted by atomic mass is 32.2. The maximum absolute atomic E-state index is 12.5. The molecule has 0 bridgehead atoms. The molecule has 1 atom stereocenters. The van der Waals surface area contributed by atoms with Crippen molar-refractivity contribution < 1.29 is 27.9 Å². The number of ketones is 1. The van der Waals surface area contributed by atoms with Gasteiger partial charge in [0.15, 0.2) is 16.4 Å². The standard InChI is InChI=1S/C19H21NO6S/c1-12-9-17(13(2)20(12)15-7-8-27(24,25)11-15)18(22)10-26-19(23)14-3-5-16(21)6-4-14/h3-6,9,15,21H,7-8,10-11H2,1-2H3/t15-/m0/s1. The summed E-state index contributed by atoms with van der Waals surface area (Å²) in [7, 11) is -3.04. The van der Waals surface area contributed by atoms with E-state index in [1.807, 2.05) is 11.5 Å². The summed E-state index contributed by atoms with van der Waals surface area (Å²) in [6.45, 7) is 3.19. The maximum Gasteiger partial charge on any atom is 0.338 e. The molecule has 1 aromatic heterocycles. The molecular weight excluding hydrogens is 370 g/mol. The first-order valence-electron chi connectivity index (χ1n) is 8.56. The van der Waals surface area contributed by atoms with E-state index in [1.165, 1.54) is 24.3 Å². The summed E-state index contributed by atoms with van der Waals surface area (Å²) < 4.78 is 30.5. The fourth-order valence-corrected chi connectivity index (χ4v) is 5.19. The van der Waals surface area contributed by atoms with Crippen LogP contribution in [0.5, 0.6) is 5.75 Å². The molecule has 2 heterocycles.